The number of alkyl carbamates (subject to hydrolysis) is 1. The molecule has 2 aliphatic heterocycles. The van der Waals surface area contributed by atoms with Crippen LogP contribution in [-0.4, -0.2) is 78.6 Å². The van der Waals surface area contributed by atoms with Gasteiger partial charge in [0.2, 0.25) is 5.91 Å². The summed E-state index contributed by atoms with van der Waals surface area (Å²) in [6.45, 7) is 4.55. The maximum absolute atomic E-state index is 12.8. The standard InChI is InChI=1S/C29H32N2O10/c1-15(32)37-14-22-24-25(41-29(2,3)40-24)26(39-22)31-23(33)12-21(27(34)35)30-28(36)38-13-20-18-10-6-4-8-16(18)17-9-5-7-11-19(17)20/h4-11,20-22,24-26H,12-14H2,1-3H3,(H,30,36)(H,31,33)(H,34,35)/t21-,22+,24+,25+,26-/m0/s1. The Morgan fingerprint density at radius 3 is 2.15 bits per heavy atom. The Labute approximate surface area is 236 Å². The lowest BCUT2D eigenvalue weighted by Gasteiger charge is -2.24. The molecule has 2 amide bonds. The molecule has 0 radical (unpaired) electrons. The highest BCUT2D eigenvalue weighted by Gasteiger charge is 2.56. The summed E-state index contributed by atoms with van der Waals surface area (Å²) >= 11 is 0. The van der Waals surface area contributed by atoms with Gasteiger partial charge < -0.3 is 39.4 Å². The summed E-state index contributed by atoms with van der Waals surface area (Å²) in [5, 5.41) is 14.6. The van der Waals surface area contributed by atoms with Crippen LogP contribution in [0.25, 0.3) is 11.1 Å². The van der Waals surface area contributed by atoms with Gasteiger partial charge in [0.05, 0.1) is 6.42 Å². The van der Waals surface area contributed by atoms with Crippen molar-refractivity contribution in [2.75, 3.05) is 13.2 Å². The summed E-state index contributed by atoms with van der Waals surface area (Å²) < 4.78 is 28.0. The van der Waals surface area contributed by atoms with Crippen LogP contribution < -0.4 is 10.6 Å². The van der Waals surface area contributed by atoms with Gasteiger partial charge in [0, 0.05) is 12.8 Å². The van der Waals surface area contributed by atoms with E-state index in [9.17, 15) is 24.3 Å². The Bertz CT molecular complexity index is 1300. The van der Waals surface area contributed by atoms with Crippen molar-refractivity contribution in [1.29, 1.82) is 0 Å². The molecule has 41 heavy (non-hydrogen) atoms. The van der Waals surface area contributed by atoms with Gasteiger partial charge >= 0.3 is 18.0 Å². The van der Waals surface area contributed by atoms with Crippen molar-refractivity contribution >= 4 is 23.9 Å². The number of carboxylic acids is 1. The number of ether oxygens (including phenoxy) is 5. The second kappa shape index (κ2) is 11.5. The molecule has 2 heterocycles. The van der Waals surface area contributed by atoms with E-state index in [4.69, 9.17) is 23.7 Å². The third-order valence-electron chi connectivity index (χ3n) is 7.23. The van der Waals surface area contributed by atoms with Crippen molar-refractivity contribution in [1.82, 2.24) is 10.6 Å². The van der Waals surface area contributed by atoms with Crippen molar-refractivity contribution < 1.29 is 48.0 Å². The quantitative estimate of drug-likeness (QED) is 0.383. The molecular formula is C29H32N2O10. The lowest BCUT2D eigenvalue weighted by molar-refractivity contribution is -0.196. The van der Waals surface area contributed by atoms with E-state index < -0.39 is 66.7 Å². The minimum Gasteiger partial charge on any atom is -0.480 e. The second-order valence-corrected chi connectivity index (χ2v) is 10.6. The number of esters is 1. The molecule has 0 bridgehead atoms. The van der Waals surface area contributed by atoms with E-state index in [1.54, 1.807) is 13.8 Å². The summed E-state index contributed by atoms with van der Waals surface area (Å²) in [5.41, 5.74) is 4.14. The number of aliphatic carboxylic acids is 1. The number of fused-ring (bicyclic) bond motifs is 4. The fourth-order valence-corrected chi connectivity index (χ4v) is 5.52. The molecule has 218 valence electrons. The number of nitrogens with one attached hydrogen (secondary N) is 2. The van der Waals surface area contributed by atoms with Gasteiger partial charge in [-0.25, -0.2) is 9.59 Å². The predicted octanol–water partition coefficient (Wildman–Crippen LogP) is 2.29. The normalized spacial score (nSPS) is 24.5. The monoisotopic (exact) mass is 568 g/mol. The lowest BCUT2D eigenvalue weighted by Crippen LogP contribution is -2.48. The molecule has 2 saturated heterocycles. The maximum atomic E-state index is 12.8. The maximum Gasteiger partial charge on any atom is 0.407 e. The molecule has 2 aromatic rings. The van der Waals surface area contributed by atoms with Gasteiger partial charge in [-0.3, -0.25) is 9.59 Å². The molecule has 12 heteroatoms. The predicted molar refractivity (Wildman–Crippen MR) is 142 cm³/mol. The third-order valence-corrected chi connectivity index (χ3v) is 7.23. The third kappa shape index (κ3) is 6.19. The topological polar surface area (TPSA) is 159 Å². The molecule has 12 nitrogen and oxygen atoms in total. The van der Waals surface area contributed by atoms with E-state index in [0.717, 1.165) is 22.3 Å². The zero-order valence-electron chi connectivity index (χ0n) is 22.8. The van der Waals surface area contributed by atoms with Crippen LogP contribution in [0.15, 0.2) is 48.5 Å². The fraction of sp³-hybridized carbons (Fsp3) is 0.448. The van der Waals surface area contributed by atoms with Gasteiger partial charge in [0.15, 0.2) is 12.0 Å². The summed E-state index contributed by atoms with van der Waals surface area (Å²) in [7, 11) is 0. The van der Waals surface area contributed by atoms with Crippen LogP contribution in [0.3, 0.4) is 0 Å². The number of amides is 2. The van der Waals surface area contributed by atoms with Crippen LogP contribution in [0.2, 0.25) is 0 Å². The smallest absolute Gasteiger partial charge is 0.407 e. The average molecular weight is 569 g/mol. The summed E-state index contributed by atoms with van der Waals surface area (Å²) in [6.07, 6.45) is -4.57. The van der Waals surface area contributed by atoms with E-state index in [1.807, 2.05) is 48.5 Å². The number of rotatable bonds is 9. The number of hydrogen-bond donors (Lipinski definition) is 3. The van der Waals surface area contributed by atoms with Crippen LogP contribution in [0.5, 0.6) is 0 Å². The van der Waals surface area contributed by atoms with Crippen LogP contribution >= 0.6 is 0 Å². The minimum atomic E-state index is -1.56. The van der Waals surface area contributed by atoms with Crippen LogP contribution in [-0.2, 0) is 38.1 Å². The number of hydrogen-bond acceptors (Lipinski definition) is 9. The molecule has 2 aromatic carbocycles. The Balaban J connectivity index is 1.17. The first-order valence-corrected chi connectivity index (χ1v) is 13.3. The van der Waals surface area contributed by atoms with Crippen molar-refractivity contribution in [2.24, 2.45) is 0 Å². The van der Waals surface area contributed by atoms with E-state index in [0.29, 0.717) is 0 Å². The largest absolute Gasteiger partial charge is 0.480 e. The molecule has 3 aliphatic rings. The molecule has 0 saturated carbocycles. The van der Waals surface area contributed by atoms with Gasteiger partial charge in [-0.2, -0.15) is 0 Å². The van der Waals surface area contributed by atoms with E-state index >= 15 is 0 Å². The van der Waals surface area contributed by atoms with Crippen molar-refractivity contribution in [3.05, 3.63) is 59.7 Å². The van der Waals surface area contributed by atoms with Gasteiger partial charge in [-0.1, -0.05) is 48.5 Å². The lowest BCUT2D eigenvalue weighted by atomic mass is 9.98. The molecule has 5 rings (SSSR count). The highest BCUT2D eigenvalue weighted by molar-refractivity contribution is 5.87. The Morgan fingerprint density at radius 1 is 0.927 bits per heavy atom. The Morgan fingerprint density at radius 2 is 1.54 bits per heavy atom. The summed E-state index contributed by atoms with van der Waals surface area (Å²) in [5.74, 6) is -3.79. The van der Waals surface area contributed by atoms with Crippen LogP contribution in [0, 0.1) is 0 Å². The molecule has 1 aliphatic carbocycles. The number of carboxylic acid groups (broad SMARTS) is 1. The SMILES string of the molecule is CC(=O)OC[C@H]1O[C@H](NC(=O)C[C@H](NC(=O)OCC2c3ccccc3-c3ccccc32)C(=O)O)[C@@H]2OC(C)(C)O[C@@H]21. The van der Waals surface area contributed by atoms with Gasteiger partial charge in [0.25, 0.3) is 0 Å². The molecule has 0 unspecified atom stereocenters. The van der Waals surface area contributed by atoms with E-state index in [2.05, 4.69) is 10.6 Å². The van der Waals surface area contributed by atoms with Crippen LogP contribution in [0.4, 0.5) is 4.79 Å². The van der Waals surface area contributed by atoms with E-state index in [1.165, 1.54) is 6.92 Å². The molecule has 5 atom stereocenters. The summed E-state index contributed by atoms with van der Waals surface area (Å²) in [4.78, 5) is 48.6. The minimum absolute atomic E-state index is 0.00573. The van der Waals surface area contributed by atoms with Gasteiger partial charge in [0.1, 0.15) is 37.6 Å². The molecule has 2 fully saturated rings. The number of carbonyl (C=O) groups is 4. The summed E-state index contributed by atoms with van der Waals surface area (Å²) in [6, 6.07) is 14.1. The van der Waals surface area contributed by atoms with Crippen molar-refractivity contribution in [3.8, 4) is 11.1 Å². The molecular weight excluding hydrogens is 536 g/mol. The number of benzene rings is 2. The zero-order chi connectivity index (χ0) is 29.3. The second-order valence-electron chi connectivity index (χ2n) is 10.6. The van der Waals surface area contributed by atoms with Gasteiger partial charge in [-0.15, -0.1) is 0 Å². The first-order chi connectivity index (χ1) is 19.5. The molecule has 0 aromatic heterocycles. The van der Waals surface area contributed by atoms with Crippen LogP contribution in [0.1, 0.15) is 44.2 Å². The van der Waals surface area contributed by atoms with Crippen molar-refractivity contribution in [3.63, 3.8) is 0 Å². The first-order valence-electron chi connectivity index (χ1n) is 13.3. The highest BCUT2D eigenvalue weighted by Crippen LogP contribution is 2.44. The van der Waals surface area contributed by atoms with Gasteiger partial charge in [-0.05, 0) is 36.1 Å². The van der Waals surface area contributed by atoms with Crippen molar-refractivity contribution in [2.45, 2.75) is 69.5 Å². The van der Waals surface area contributed by atoms with E-state index in [-0.39, 0.29) is 19.1 Å². The molecule has 3 N–H and O–H groups in total. The Kier molecular flexibility index (Phi) is 7.98. The number of carbonyl (C=O) groups excluding carboxylic acids is 3. The molecule has 0 spiro atoms. The zero-order valence-corrected chi connectivity index (χ0v) is 22.8. The highest BCUT2D eigenvalue weighted by atomic mass is 16.8. The average Bonchev–Trinajstić information content (AvgIpc) is 3.52. The Hall–Kier alpha value is -4.00. The first kappa shape index (κ1) is 28.5. The fourth-order valence-electron chi connectivity index (χ4n) is 5.52.